The number of carbonyl (C=O) groups is 1. The van der Waals surface area contributed by atoms with E-state index in [-0.39, 0.29) is 25.0 Å². The molecule has 0 aliphatic rings. The van der Waals surface area contributed by atoms with Crippen LogP contribution >= 0.6 is 11.6 Å². The molecule has 0 aliphatic heterocycles. The van der Waals surface area contributed by atoms with Crippen LogP contribution in [0, 0.1) is 0 Å². The van der Waals surface area contributed by atoms with Crippen molar-refractivity contribution >= 4 is 17.5 Å². The van der Waals surface area contributed by atoms with Gasteiger partial charge in [-0.25, -0.2) is 4.68 Å². The number of amides is 1. The molecular weight excluding hydrogens is 326 g/mol. The quantitative estimate of drug-likeness (QED) is 0.782. The van der Waals surface area contributed by atoms with Gasteiger partial charge >= 0.3 is 0 Å². The van der Waals surface area contributed by atoms with E-state index in [4.69, 9.17) is 11.6 Å². The monoisotopic (exact) mass is 347 g/mol. The van der Waals surface area contributed by atoms with Crippen LogP contribution < -0.4 is 0 Å². The zero-order valence-electron chi connectivity index (χ0n) is 13.9. The van der Waals surface area contributed by atoms with E-state index in [9.17, 15) is 9.90 Å². The number of benzene rings is 1. The summed E-state index contributed by atoms with van der Waals surface area (Å²) in [4.78, 5) is 14.4. The lowest BCUT2D eigenvalue weighted by Crippen LogP contribution is -2.34. The minimum atomic E-state index is -0.159. The smallest absolute Gasteiger partial charge is 0.257 e. The fourth-order valence-electron chi connectivity index (χ4n) is 2.59. The third kappa shape index (κ3) is 3.86. The number of aromatic nitrogens is 2. The molecule has 0 aliphatic carbocycles. The number of halogens is 1. The molecular formula is C18H22ClN3O2. The second-order valence-electron chi connectivity index (χ2n) is 5.75. The molecule has 5 nitrogen and oxygen atoms in total. The number of aliphatic hydroxyl groups is 1. The predicted molar refractivity (Wildman–Crippen MR) is 95.8 cm³/mol. The number of rotatable bonds is 7. The molecule has 1 aromatic heterocycles. The van der Waals surface area contributed by atoms with Crippen LogP contribution in [0.1, 0.15) is 35.8 Å². The van der Waals surface area contributed by atoms with E-state index in [0.717, 1.165) is 11.4 Å². The molecule has 0 radical (unpaired) electrons. The van der Waals surface area contributed by atoms with Crippen LogP contribution in [0.5, 0.6) is 0 Å². The van der Waals surface area contributed by atoms with Gasteiger partial charge in [-0.2, -0.15) is 5.10 Å². The molecule has 0 saturated carbocycles. The lowest BCUT2D eigenvalue weighted by atomic mass is 10.0. The van der Waals surface area contributed by atoms with Gasteiger partial charge < -0.3 is 10.0 Å². The summed E-state index contributed by atoms with van der Waals surface area (Å²) in [6.07, 6.45) is 3.23. The van der Waals surface area contributed by atoms with Gasteiger partial charge in [-0.05, 0) is 30.2 Å². The SMILES string of the molecule is C=CCN(CCO)C(=O)c1cnn(-c2ccc(Cl)cc2)c1C(C)C. The third-order valence-corrected chi connectivity index (χ3v) is 3.91. The van der Waals surface area contributed by atoms with E-state index in [1.54, 1.807) is 34.0 Å². The van der Waals surface area contributed by atoms with Crippen molar-refractivity contribution in [1.29, 1.82) is 0 Å². The van der Waals surface area contributed by atoms with Crippen LogP contribution in [0.2, 0.25) is 5.02 Å². The van der Waals surface area contributed by atoms with Crippen LogP contribution in [0.25, 0.3) is 5.69 Å². The molecule has 2 rings (SSSR count). The van der Waals surface area contributed by atoms with Crippen molar-refractivity contribution < 1.29 is 9.90 Å². The van der Waals surface area contributed by atoms with E-state index in [0.29, 0.717) is 17.1 Å². The van der Waals surface area contributed by atoms with E-state index >= 15 is 0 Å². The number of aliphatic hydroxyl groups excluding tert-OH is 1. The van der Waals surface area contributed by atoms with E-state index in [1.807, 2.05) is 26.0 Å². The third-order valence-electron chi connectivity index (χ3n) is 3.66. The van der Waals surface area contributed by atoms with Crippen LogP contribution in [0.3, 0.4) is 0 Å². The molecule has 1 N–H and O–H groups in total. The van der Waals surface area contributed by atoms with Crippen molar-refractivity contribution in [1.82, 2.24) is 14.7 Å². The molecule has 24 heavy (non-hydrogen) atoms. The lowest BCUT2D eigenvalue weighted by Gasteiger charge is -2.21. The predicted octanol–water partition coefficient (Wildman–Crippen LogP) is 3.27. The molecule has 1 amide bonds. The minimum absolute atomic E-state index is 0.0953. The first-order valence-electron chi connectivity index (χ1n) is 7.84. The van der Waals surface area contributed by atoms with Crippen molar-refractivity contribution in [2.75, 3.05) is 19.7 Å². The molecule has 2 aromatic rings. The van der Waals surface area contributed by atoms with Gasteiger partial charge in [0.15, 0.2) is 0 Å². The van der Waals surface area contributed by atoms with Gasteiger partial charge in [0, 0.05) is 18.1 Å². The molecule has 0 fully saturated rings. The molecule has 6 heteroatoms. The van der Waals surface area contributed by atoms with Crippen LogP contribution in [-0.4, -0.2) is 45.4 Å². The van der Waals surface area contributed by atoms with Gasteiger partial charge in [0.1, 0.15) is 0 Å². The van der Waals surface area contributed by atoms with Gasteiger partial charge in [-0.1, -0.05) is 31.5 Å². The highest BCUT2D eigenvalue weighted by Crippen LogP contribution is 2.25. The van der Waals surface area contributed by atoms with Crippen molar-refractivity contribution in [3.8, 4) is 5.69 Å². The maximum absolute atomic E-state index is 12.8. The van der Waals surface area contributed by atoms with E-state index in [1.165, 1.54) is 0 Å². The van der Waals surface area contributed by atoms with Crippen molar-refractivity contribution in [3.63, 3.8) is 0 Å². The summed E-state index contributed by atoms with van der Waals surface area (Å²) in [5.74, 6) is -0.0605. The molecule has 0 atom stereocenters. The fourth-order valence-corrected chi connectivity index (χ4v) is 2.71. The summed E-state index contributed by atoms with van der Waals surface area (Å²) in [7, 11) is 0. The number of carbonyl (C=O) groups excluding carboxylic acids is 1. The summed E-state index contributed by atoms with van der Waals surface area (Å²) in [6.45, 7) is 8.25. The average Bonchev–Trinajstić information content (AvgIpc) is 3.00. The van der Waals surface area contributed by atoms with Crippen LogP contribution in [0.4, 0.5) is 0 Å². The first-order valence-corrected chi connectivity index (χ1v) is 8.22. The topological polar surface area (TPSA) is 58.4 Å². The average molecular weight is 348 g/mol. The highest BCUT2D eigenvalue weighted by molar-refractivity contribution is 6.30. The second kappa shape index (κ2) is 8.13. The number of nitrogens with zero attached hydrogens (tertiary/aromatic N) is 3. The molecule has 0 unspecified atom stereocenters. The molecule has 128 valence electrons. The maximum atomic E-state index is 12.8. The maximum Gasteiger partial charge on any atom is 0.257 e. The highest BCUT2D eigenvalue weighted by atomic mass is 35.5. The zero-order chi connectivity index (χ0) is 17.7. The van der Waals surface area contributed by atoms with Crippen molar-refractivity contribution in [3.05, 3.63) is 59.4 Å². The van der Waals surface area contributed by atoms with Crippen LogP contribution in [0.15, 0.2) is 43.1 Å². The minimum Gasteiger partial charge on any atom is -0.395 e. The first-order chi connectivity index (χ1) is 11.5. The van der Waals surface area contributed by atoms with Crippen LogP contribution in [-0.2, 0) is 0 Å². The summed E-state index contributed by atoms with van der Waals surface area (Å²) in [5.41, 5.74) is 2.21. The Hall–Kier alpha value is -2.11. The summed E-state index contributed by atoms with van der Waals surface area (Å²) in [5, 5.41) is 14.2. The Morgan fingerprint density at radius 2 is 2.08 bits per heavy atom. The molecule has 0 spiro atoms. The zero-order valence-corrected chi connectivity index (χ0v) is 14.7. The Labute approximate surface area is 147 Å². The van der Waals surface area contributed by atoms with Crippen molar-refractivity contribution in [2.24, 2.45) is 0 Å². The Bertz CT molecular complexity index is 708. The first kappa shape index (κ1) is 18.2. The molecule has 1 heterocycles. The Morgan fingerprint density at radius 1 is 1.42 bits per heavy atom. The van der Waals surface area contributed by atoms with E-state index in [2.05, 4.69) is 11.7 Å². The van der Waals surface area contributed by atoms with Gasteiger partial charge in [0.05, 0.1) is 29.7 Å². The normalized spacial score (nSPS) is 10.9. The number of hydrogen-bond donors (Lipinski definition) is 1. The second-order valence-corrected chi connectivity index (χ2v) is 6.19. The summed E-state index contributed by atoms with van der Waals surface area (Å²) >= 11 is 5.94. The number of hydrogen-bond acceptors (Lipinski definition) is 3. The summed E-state index contributed by atoms with van der Waals surface area (Å²) in [6, 6.07) is 7.31. The van der Waals surface area contributed by atoms with Gasteiger partial charge in [0.2, 0.25) is 0 Å². The Balaban J connectivity index is 2.46. The van der Waals surface area contributed by atoms with E-state index < -0.39 is 0 Å². The molecule has 1 aromatic carbocycles. The molecule has 0 bridgehead atoms. The van der Waals surface area contributed by atoms with Gasteiger partial charge in [-0.3, -0.25) is 4.79 Å². The summed E-state index contributed by atoms with van der Waals surface area (Å²) < 4.78 is 1.76. The van der Waals surface area contributed by atoms with Gasteiger partial charge in [0.25, 0.3) is 5.91 Å². The highest BCUT2D eigenvalue weighted by Gasteiger charge is 2.24. The standard InChI is InChI=1S/C18H22ClN3O2/c1-4-9-21(10-11-23)18(24)16-12-20-22(17(16)13(2)3)15-7-5-14(19)6-8-15/h4-8,12-13,23H,1,9-11H2,2-3H3. The molecule has 0 saturated heterocycles. The lowest BCUT2D eigenvalue weighted by molar-refractivity contribution is 0.0741. The van der Waals surface area contributed by atoms with Gasteiger partial charge in [-0.15, -0.1) is 6.58 Å². The fraction of sp³-hybridized carbons (Fsp3) is 0.333. The Kier molecular flexibility index (Phi) is 6.17. The largest absolute Gasteiger partial charge is 0.395 e. The Morgan fingerprint density at radius 3 is 2.62 bits per heavy atom. The van der Waals surface area contributed by atoms with Crippen molar-refractivity contribution in [2.45, 2.75) is 19.8 Å².